The predicted molar refractivity (Wildman–Crippen MR) is 100.0 cm³/mol. The summed E-state index contributed by atoms with van der Waals surface area (Å²) in [6, 6.07) is 11.7. The zero-order valence-electron chi connectivity index (χ0n) is 11.3. The molecule has 0 aromatic heterocycles. The van der Waals surface area contributed by atoms with Crippen LogP contribution in [0.5, 0.6) is 0 Å². The summed E-state index contributed by atoms with van der Waals surface area (Å²) in [6.07, 6.45) is 0. The molecule has 120 valence electrons. The van der Waals surface area contributed by atoms with Crippen LogP contribution in [-0.2, 0) is 20.2 Å². The number of benzene rings is 2. The molecule has 2 aromatic rings. The van der Waals surface area contributed by atoms with Crippen LogP contribution in [0.4, 0.5) is 0 Å². The van der Waals surface area contributed by atoms with Crippen molar-refractivity contribution in [3.63, 3.8) is 0 Å². The fourth-order valence-electron chi connectivity index (χ4n) is 1.25. The second-order valence-corrected chi connectivity index (χ2v) is 9.07. The van der Waals surface area contributed by atoms with Crippen LogP contribution in [0.15, 0.2) is 58.3 Å². The fraction of sp³-hybridized carbons (Fsp3) is 0. The summed E-state index contributed by atoms with van der Waals surface area (Å²) < 4.78 is 64.0. The van der Waals surface area contributed by atoms with Gasteiger partial charge in [-0.15, -0.1) is 0 Å². The summed E-state index contributed by atoms with van der Waals surface area (Å²) in [5.41, 5.74) is 0. The van der Waals surface area contributed by atoms with Crippen LogP contribution in [-0.4, -0.2) is 63.7 Å². The normalized spacial score (nSPS) is 11.0. The minimum atomic E-state index is -4.28. The van der Waals surface area contributed by atoms with Crippen molar-refractivity contribution in [3.8, 4) is 0 Å². The fourth-order valence-corrected chi connectivity index (χ4v) is 3.79. The Morgan fingerprint density at radius 1 is 0.696 bits per heavy atom. The molecule has 23 heavy (non-hydrogen) atoms. The molecule has 0 spiro atoms. The molecule has 6 nitrogen and oxygen atoms in total. The van der Waals surface area contributed by atoms with Crippen LogP contribution in [0.3, 0.4) is 0 Å². The van der Waals surface area contributed by atoms with Gasteiger partial charge in [-0.05, 0) is 81.6 Å². The van der Waals surface area contributed by atoms with E-state index in [0.717, 1.165) is 7.14 Å². The molecule has 0 aliphatic rings. The number of hydrogen-bond donors (Lipinski definition) is 0. The third kappa shape index (κ3) is 9.30. The average Bonchev–Trinajstić information content (AvgIpc) is 2.37. The summed E-state index contributed by atoms with van der Waals surface area (Å²) in [5, 5.41) is 0. The molecule has 0 radical (unpaired) electrons. The van der Waals surface area contributed by atoms with Crippen LogP contribution in [0.25, 0.3) is 0 Å². The Morgan fingerprint density at radius 2 is 1.00 bits per heavy atom. The third-order valence-corrected chi connectivity index (χ3v) is 5.17. The van der Waals surface area contributed by atoms with E-state index in [4.69, 9.17) is 0 Å². The van der Waals surface area contributed by atoms with E-state index in [2.05, 4.69) is 0 Å². The van der Waals surface area contributed by atoms with Crippen molar-refractivity contribution in [2.24, 2.45) is 0 Å². The summed E-state index contributed by atoms with van der Waals surface area (Å²) in [7, 11) is -8.56. The molecule has 0 amide bonds. The van der Waals surface area contributed by atoms with Crippen molar-refractivity contribution in [2.75, 3.05) is 0 Å². The molecule has 0 N–H and O–H groups in total. The molecule has 0 bridgehead atoms. The van der Waals surface area contributed by atoms with Crippen LogP contribution in [0.2, 0.25) is 0 Å². The van der Waals surface area contributed by atoms with Crippen molar-refractivity contribution in [1.82, 2.24) is 0 Å². The van der Waals surface area contributed by atoms with Gasteiger partial charge >= 0.3 is 37.7 Å². The van der Waals surface area contributed by atoms with E-state index in [0.29, 0.717) is 0 Å². The topological polar surface area (TPSA) is 114 Å². The Morgan fingerprint density at radius 3 is 1.17 bits per heavy atom. The van der Waals surface area contributed by atoms with Gasteiger partial charge in [0.2, 0.25) is 0 Å². The molecule has 0 unspecified atom stereocenters. The summed E-state index contributed by atoms with van der Waals surface area (Å²) in [6.45, 7) is 0. The van der Waals surface area contributed by atoms with Crippen molar-refractivity contribution < 1.29 is 25.9 Å². The maximum absolute atomic E-state index is 10.4. The molecule has 0 aliphatic carbocycles. The maximum Gasteiger partial charge on any atom is 2.00 e. The zero-order valence-corrected chi connectivity index (χ0v) is 19.5. The van der Waals surface area contributed by atoms with E-state index in [-0.39, 0.29) is 47.5 Å². The van der Waals surface area contributed by atoms with Crippen LogP contribution >= 0.6 is 45.2 Å². The van der Waals surface area contributed by atoms with E-state index < -0.39 is 20.2 Å². The van der Waals surface area contributed by atoms with Crippen LogP contribution < -0.4 is 0 Å². The molecule has 0 saturated heterocycles. The third-order valence-electron chi connectivity index (χ3n) is 2.17. The van der Waals surface area contributed by atoms with Crippen molar-refractivity contribution in [3.05, 3.63) is 55.7 Å². The minimum Gasteiger partial charge on any atom is -0.744 e. The van der Waals surface area contributed by atoms with E-state index in [1.807, 2.05) is 45.2 Å². The molecule has 2 rings (SSSR count). The second kappa shape index (κ2) is 10.2. The quantitative estimate of drug-likeness (QED) is 0.294. The molecule has 0 fully saturated rings. The van der Waals surface area contributed by atoms with Gasteiger partial charge in [0.25, 0.3) is 0 Å². The first-order valence-corrected chi connectivity index (χ1v) is 10.4. The SMILES string of the molecule is O=S(=O)([O-])c1cccc(I)c1.O=S(=O)([O-])c1cccc(I)c1.[Ca+2]. The molecule has 0 aliphatic heterocycles. The molecule has 2 aromatic carbocycles. The number of rotatable bonds is 2. The van der Waals surface area contributed by atoms with Gasteiger partial charge < -0.3 is 9.11 Å². The summed E-state index contributed by atoms with van der Waals surface area (Å²) in [4.78, 5) is -0.353. The standard InChI is InChI=1S/2C6H5IO3S.Ca/c2*7-5-2-1-3-6(4-5)11(8,9)10;/h2*1-4H,(H,8,9,10);/q;;+2/p-2. The van der Waals surface area contributed by atoms with Gasteiger partial charge in [0, 0.05) is 7.14 Å². The molecular weight excluding hydrogens is 598 g/mol. The van der Waals surface area contributed by atoms with Crippen LogP contribution in [0, 0.1) is 7.14 Å². The van der Waals surface area contributed by atoms with Gasteiger partial charge in [-0.2, -0.15) is 0 Å². The van der Waals surface area contributed by atoms with Gasteiger partial charge in [-0.1, -0.05) is 12.1 Å². The van der Waals surface area contributed by atoms with Crippen LogP contribution in [0.1, 0.15) is 0 Å². The first kappa shape index (κ1) is 24.0. The maximum atomic E-state index is 10.4. The van der Waals surface area contributed by atoms with E-state index in [1.165, 1.54) is 36.4 Å². The Labute approximate surface area is 191 Å². The van der Waals surface area contributed by atoms with E-state index >= 15 is 0 Å². The van der Waals surface area contributed by atoms with Crippen molar-refractivity contribution in [2.45, 2.75) is 9.79 Å². The summed E-state index contributed by atoms with van der Waals surface area (Å²) >= 11 is 3.88. The predicted octanol–water partition coefficient (Wildman–Crippen LogP) is 2.01. The Hall–Kier alpha value is 0.980. The first-order valence-electron chi connectivity index (χ1n) is 5.43. The smallest absolute Gasteiger partial charge is 0.744 e. The van der Waals surface area contributed by atoms with Gasteiger partial charge in [-0.3, -0.25) is 0 Å². The van der Waals surface area contributed by atoms with E-state index in [9.17, 15) is 25.9 Å². The first-order chi connectivity index (χ1) is 10.00. The van der Waals surface area contributed by atoms with Gasteiger partial charge in [0.1, 0.15) is 20.2 Å². The summed E-state index contributed by atoms with van der Waals surface area (Å²) in [5.74, 6) is 0. The second-order valence-electron chi connectivity index (χ2n) is 3.82. The zero-order chi connectivity index (χ0) is 17.0. The molecule has 11 heteroatoms. The van der Waals surface area contributed by atoms with Gasteiger partial charge in [0.15, 0.2) is 0 Å². The van der Waals surface area contributed by atoms with Crippen molar-refractivity contribution >= 4 is 103 Å². The molecular formula is C12H8CaI2O6S2. The average molecular weight is 606 g/mol. The van der Waals surface area contributed by atoms with Gasteiger partial charge in [-0.25, -0.2) is 16.8 Å². The number of hydrogen-bond acceptors (Lipinski definition) is 6. The molecule has 0 saturated carbocycles. The number of halogens is 2. The largest absolute Gasteiger partial charge is 2.00 e. The minimum absolute atomic E-state index is 0. The Kier molecular flexibility index (Phi) is 10.6. The molecule has 0 heterocycles. The Bertz CT molecular complexity index is 795. The van der Waals surface area contributed by atoms with Gasteiger partial charge in [0.05, 0.1) is 9.79 Å². The van der Waals surface area contributed by atoms with E-state index in [1.54, 1.807) is 12.1 Å². The molecule has 0 atom stereocenters. The van der Waals surface area contributed by atoms with Crippen molar-refractivity contribution in [1.29, 1.82) is 0 Å². The monoisotopic (exact) mass is 606 g/mol. The Balaban J connectivity index is 0.000000403.